The van der Waals surface area contributed by atoms with Crippen molar-refractivity contribution in [2.45, 2.75) is 13.3 Å². The van der Waals surface area contributed by atoms with Crippen LogP contribution in [-0.4, -0.2) is 44.4 Å². The highest BCUT2D eigenvalue weighted by molar-refractivity contribution is 6.31. The summed E-state index contributed by atoms with van der Waals surface area (Å²) in [7, 11) is 5.35. The summed E-state index contributed by atoms with van der Waals surface area (Å²) in [5, 5.41) is 2.26. The maximum absolute atomic E-state index is 12.9. The molecule has 3 heterocycles. The van der Waals surface area contributed by atoms with Crippen molar-refractivity contribution in [1.29, 1.82) is 0 Å². The van der Waals surface area contributed by atoms with E-state index in [1.165, 1.54) is 4.90 Å². The quantitative estimate of drug-likeness (QED) is 0.525. The fourth-order valence-electron chi connectivity index (χ4n) is 3.31. The topological polar surface area (TPSA) is 63.9 Å². The number of halogens is 1. The van der Waals surface area contributed by atoms with Crippen molar-refractivity contribution in [2.24, 2.45) is 7.05 Å². The Morgan fingerprint density at radius 3 is 2.61 bits per heavy atom. The standard InChI is InChI=1S/C21H20ClN5O/c1-5-14-8-6-12(11-23-14)19-24-18(21(28)26(2)3)17-15-9-7-13(22)10-16(15)27(4)20(17)25-19/h6-11H,5H2,1-4H3. The summed E-state index contributed by atoms with van der Waals surface area (Å²) in [6.07, 6.45) is 2.61. The van der Waals surface area contributed by atoms with Crippen LogP contribution in [0.2, 0.25) is 5.02 Å². The fourth-order valence-corrected chi connectivity index (χ4v) is 3.48. The van der Waals surface area contributed by atoms with Crippen molar-refractivity contribution >= 4 is 39.4 Å². The van der Waals surface area contributed by atoms with Gasteiger partial charge in [-0.25, -0.2) is 9.97 Å². The van der Waals surface area contributed by atoms with Crippen LogP contribution in [0.3, 0.4) is 0 Å². The highest BCUT2D eigenvalue weighted by atomic mass is 35.5. The Kier molecular flexibility index (Phi) is 4.51. The Balaban J connectivity index is 2.07. The normalized spacial score (nSPS) is 11.3. The Hall–Kier alpha value is -2.99. The Labute approximate surface area is 167 Å². The number of hydrogen-bond acceptors (Lipinski definition) is 4. The third-order valence-electron chi connectivity index (χ3n) is 4.85. The molecule has 4 aromatic rings. The first-order chi connectivity index (χ1) is 13.4. The summed E-state index contributed by atoms with van der Waals surface area (Å²) in [5.41, 5.74) is 3.73. The van der Waals surface area contributed by atoms with Crippen molar-refractivity contribution in [1.82, 2.24) is 24.4 Å². The van der Waals surface area contributed by atoms with E-state index in [-0.39, 0.29) is 5.91 Å². The summed E-state index contributed by atoms with van der Waals surface area (Å²) >= 11 is 6.19. The van der Waals surface area contributed by atoms with E-state index in [9.17, 15) is 4.79 Å². The second-order valence-electron chi connectivity index (χ2n) is 6.91. The molecule has 0 spiro atoms. The molecule has 0 bridgehead atoms. The van der Waals surface area contributed by atoms with Gasteiger partial charge >= 0.3 is 0 Å². The Morgan fingerprint density at radius 1 is 1.18 bits per heavy atom. The highest BCUT2D eigenvalue weighted by Crippen LogP contribution is 2.32. The number of carbonyl (C=O) groups excluding carboxylic acids is 1. The number of hydrogen-bond donors (Lipinski definition) is 0. The lowest BCUT2D eigenvalue weighted by molar-refractivity contribution is 0.0824. The van der Waals surface area contributed by atoms with Gasteiger partial charge in [0.1, 0.15) is 11.3 Å². The number of pyridine rings is 1. The SMILES string of the molecule is CCc1ccc(-c2nc(C(=O)N(C)C)c3c4ccc(Cl)cc4n(C)c3n2)cn1. The lowest BCUT2D eigenvalue weighted by Gasteiger charge is -2.12. The predicted molar refractivity (Wildman–Crippen MR) is 112 cm³/mol. The van der Waals surface area contributed by atoms with E-state index >= 15 is 0 Å². The molecule has 142 valence electrons. The van der Waals surface area contributed by atoms with Gasteiger partial charge in [-0.3, -0.25) is 9.78 Å². The molecule has 3 aromatic heterocycles. The third-order valence-corrected chi connectivity index (χ3v) is 5.09. The molecule has 0 saturated heterocycles. The van der Waals surface area contributed by atoms with Gasteiger partial charge in [0.15, 0.2) is 5.82 Å². The van der Waals surface area contributed by atoms with E-state index in [0.29, 0.717) is 22.2 Å². The molecule has 0 fully saturated rings. The van der Waals surface area contributed by atoms with Crippen molar-refractivity contribution in [3.05, 3.63) is 52.9 Å². The number of aryl methyl sites for hydroxylation is 2. The first-order valence-corrected chi connectivity index (χ1v) is 9.41. The van der Waals surface area contributed by atoms with Crippen molar-refractivity contribution in [2.75, 3.05) is 14.1 Å². The van der Waals surface area contributed by atoms with E-state index in [2.05, 4.69) is 16.9 Å². The highest BCUT2D eigenvalue weighted by Gasteiger charge is 2.22. The van der Waals surface area contributed by atoms with Gasteiger partial charge in [0, 0.05) is 49.0 Å². The zero-order valence-electron chi connectivity index (χ0n) is 16.2. The molecule has 0 atom stereocenters. The van der Waals surface area contributed by atoms with Crippen molar-refractivity contribution in [3.8, 4) is 11.4 Å². The zero-order chi connectivity index (χ0) is 20.0. The number of aromatic nitrogens is 4. The maximum atomic E-state index is 12.9. The van der Waals surface area contributed by atoms with Crippen LogP contribution in [0, 0.1) is 0 Å². The second-order valence-corrected chi connectivity index (χ2v) is 7.34. The zero-order valence-corrected chi connectivity index (χ0v) is 16.9. The number of amides is 1. The average Bonchev–Trinajstić information content (AvgIpc) is 2.98. The van der Waals surface area contributed by atoms with Gasteiger partial charge in [0.05, 0.1) is 10.9 Å². The molecule has 7 heteroatoms. The van der Waals surface area contributed by atoms with E-state index < -0.39 is 0 Å². The van der Waals surface area contributed by atoms with Crippen LogP contribution in [0.25, 0.3) is 33.3 Å². The van der Waals surface area contributed by atoms with Gasteiger partial charge in [-0.1, -0.05) is 24.6 Å². The monoisotopic (exact) mass is 393 g/mol. The summed E-state index contributed by atoms with van der Waals surface area (Å²) in [6, 6.07) is 9.50. The average molecular weight is 394 g/mol. The Morgan fingerprint density at radius 2 is 1.96 bits per heavy atom. The van der Waals surface area contributed by atoms with Gasteiger partial charge in [0.25, 0.3) is 5.91 Å². The lowest BCUT2D eigenvalue weighted by Crippen LogP contribution is -2.23. The molecule has 1 amide bonds. The lowest BCUT2D eigenvalue weighted by atomic mass is 10.1. The maximum Gasteiger partial charge on any atom is 0.272 e. The third kappa shape index (κ3) is 2.90. The first-order valence-electron chi connectivity index (χ1n) is 9.03. The minimum atomic E-state index is -0.172. The van der Waals surface area contributed by atoms with E-state index in [0.717, 1.165) is 34.0 Å². The molecule has 0 aliphatic heterocycles. The Bertz CT molecular complexity index is 1210. The number of carbonyl (C=O) groups is 1. The summed E-state index contributed by atoms with van der Waals surface area (Å²) in [4.78, 5) is 28.3. The van der Waals surface area contributed by atoms with E-state index in [4.69, 9.17) is 16.6 Å². The van der Waals surface area contributed by atoms with E-state index in [1.54, 1.807) is 20.3 Å². The molecular formula is C21H20ClN5O. The molecule has 0 radical (unpaired) electrons. The van der Waals surface area contributed by atoms with Crippen LogP contribution < -0.4 is 0 Å². The molecule has 6 nitrogen and oxygen atoms in total. The van der Waals surface area contributed by atoms with Crippen LogP contribution in [0.1, 0.15) is 23.1 Å². The largest absolute Gasteiger partial charge is 0.343 e. The van der Waals surface area contributed by atoms with Gasteiger partial charge in [0.2, 0.25) is 0 Å². The van der Waals surface area contributed by atoms with Gasteiger partial charge < -0.3 is 9.47 Å². The fraction of sp³-hybridized carbons (Fsp3) is 0.238. The minimum absolute atomic E-state index is 0.172. The number of fused-ring (bicyclic) bond motifs is 3. The van der Waals surface area contributed by atoms with Crippen molar-refractivity contribution < 1.29 is 4.79 Å². The molecule has 0 aliphatic rings. The molecule has 0 aliphatic carbocycles. The van der Waals surface area contributed by atoms with Crippen molar-refractivity contribution in [3.63, 3.8) is 0 Å². The molecule has 4 rings (SSSR count). The number of rotatable bonds is 3. The molecular weight excluding hydrogens is 374 g/mol. The van der Waals surface area contributed by atoms with E-state index in [1.807, 2.05) is 41.9 Å². The van der Waals surface area contributed by atoms with Crippen LogP contribution in [0.4, 0.5) is 0 Å². The molecule has 0 unspecified atom stereocenters. The molecule has 1 aromatic carbocycles. The minimum Gasteiger partial charge on any atom is -0.343 e. The van der Waals surface area contributed by atoms with Gasteiger partial charge in [-0.2, -0.15) is 0 Å². The van der Waals surface area contributed by atoms with Crippen LogP contribution in [0.5, 0.6) is 0 Å². The predicted octanol–water partition coefficient (Wildman–Crippen LogP) is 4.10. The second kappa shape index (κ2) is 6.87. The number of benzene rings is 1. The smallest absolute Gasteiger partial charge is 0.272 e. The summed E-state index contributed by atoms with van der Waals surface area (Å²) in [5.74, 6) is 0.305. The van der Waals surface area contributed by atoms with Gasteiger partial charge in [-0.15, -0.1) is 0 Å². The summed E-state index contributed by atoms with van der Waals surface area (Å²) in [6.45, 7) is 2.05. The summed E-state index contributed by atoms with van der Waals surface area (Å²) < 4.78 is 1.95. The molecule has 0 saturated carbocycles. The van der Waals surface area contributed by atoms with Gasteiger partial charge in [-0.05, 0) is 30.7 Å². The molecule has 0 N–H and O–H groups in total. The number of nitrogens with zero attached hydrogens (tertiary/aromatic N) is 5. The van der Waals surface area contributed by atoms with Crippen LogP contribution in [-0.2, 0) is 13.5 Å². The van der Waals surface area contributed by atoms with Crippen LogP contribution >= 0.6 is 11.6 Å². The van der Waals surface area contributed by atoms with Crippen LogP contribution in [0.15, 0.2) is 36.5 Å². The first kappa shape index (κ1) is 18.4. The molecule has 28 heavy (non-hydrogen) atoms.